The van der Waals surface area contributed by atoms with Crippen molar-refractivity contribution in [2.24, 2.45) is 0 Å². The van der Waals surface area contributed by atoms with Crippen LogP contribution in [0.3, 0.4) is 0 Å². The highest BCUT2D eigenvalue weighted by Crippen LogP contribution is 2.44. The maximum absolute atomic E-state index is 12.1. The second-order valence-corrected chi connectivity index (χ2v) is 16.6. The molecule has 0 radical (unpaired) electrons. The number of benzene rings is 3. The number of rotatable bonds is 13. The van der Waals surface area contributed by atoms with Crippen LogP contribution in [0, 0.1) is 0 Å². The highest BCUT2D eigenvalue weighted by Gasteiger charge is 2.60. The molecule has 0 bridgehead atoms. The summed E-state index contributed by atoms with van der Waals surface area (Å²) < 4.78 is 82.8. The van der Waals surface area contributed by atoms with Crippen LogP contribution in [0.5, 0.6) is 5.75 Å². The Balaban J connectivity index is 1.08. The van der Waals surface area contributed by atoms with E-state index in [0.29, 0.717) is 6.61 Å². The van der Waals surface area contributed by atoms with Crippen molar-refractivity contribution in [3.8, 4) is 5.75 Å². The van der Waals surface area contributed by atoms with Gasteiger partial charge in [-0.1, -0.05) is 72.8 Å². The summed E-state index contributed by atoms with van der Waals surface area (Å²) in [6.45, 7) is 11.8. The predicted octanol–water partition coefficient (Wildman–Crippen LogP) is 5.53. The average Bonchev–Trinajstić information content (AvgIpc) is 3.86. The van der Waals surface area contributed by atoms with Gasteiger partial charge in [-0.2, -0.15) is 0 Å². The number of hydrogen-bond acceptors (Lipinski definition) is 14. The summed E-state index contributed by atoms with van der Waals surface area (Å²) in [4.78, 5) is 0. The van der Waals surface area contributed by atoms with Crippen molar-refractivity contribution >= 4 is 0 Å². The van der Waals surface area contributed by atoms with Crippen molar-refractivity contribution in [2.45, 2.75) is 146 Å². The second kappa shape index (κ2) is 17.1. The summed E-state index contributed by atoms with van der Waals surface area (Å²) in [5.41, 5.74) is 2.69. The number of fused-ring (bicyclic) bond motifs is 1. The topological polar surface area (TPSA) is 140 Å². The van der Waals surface area contributed by atoms with E-state index in [-0.39, 0.29) is 19.8 Å². The van der Waals surface area contributed by atoms with Gasteiger partial charge >= 0.3 is 0 Å². The standard InChI is InChI=1S/C44H56O14/c1-42(2)50-25-31(54-42)33-35(56-43(3,4)55-33)36-37(58-44(5,6)57-36)39(45)53-41-38(48-23-27-18-20-29(46-7)21-19-27)34(47-22-26-14-10-8-11-15-26)32-30(51-41)24-49-40(52-32)28-16-12-9-13-17-28/h8-21,30-41,45H,22-25H2,1-7H3/t30-,31+,32-,33-,34+,35+,36+,37-,38+,39?,40?,41+/m1/s1. The Kier molecular flexibility index (Phi) is 12.3. The van der Waals surface area contributed by atoms with Gasteiger partial charge in [-0.25, -0.2) is 0 Å². The van der Waals surface area contributed by atoms with Crippen molar-refractivity contribution in [1.29, 1.82) is 0 Å². The molecule has 0 spiro atoms. The Morgan fingerprint density at radius 3 is 1.91 bits per heavy atom. The molecule has 2 unspecified atom stereocenters. The lowest BCUT2D eigenvalue weighted by Crippen LogP contribution is -2.64. The monoisotopic (exact) mass is 808 g/mol. The summed E-state index contributed by atoms with van der Waals surface area (Å²) in [5, 5.41) is 12.1. The SMILES string of the molecule is COc1ccc(CO[C@@H]2[C@H](OC(O)[C@@H]3OC(C)(C)O[C@H]3[C@H]3OC(C)(C)O[C@@H]3[C@@H]3COC(C)(C)O3)O[C@@H]3COC(c4ccccc4)O[C@H]3[C@@H]2OCc2ccccc2)cc1. The van der Waals surface area contributed by atoms with Crippen LogP contribution in [0.4, 0.5) is 0 Å². The molecule has 5 saturated heterocycles. The smallest absolute Gasteiger partial charge is 0.190 e. The van der Waals surface area contributed by atoms with Crippen LogP contribution in [0.15, 0.2) is 84.9 Å². The lowest BCUT2D eigenvalue weighted by atomic mass is 9.96. The van der Waals surface area contributed by atoms with Crippen LogP contribution in [-0.2, 0) is 70.1 Å². The average molecular weight is 809 g/mol. The Morgan fingerprint density at radius 2 is 1.24 bits per heavy atom. The summed E-state index contributed by atoms with van der Waals surface area (Å²) >= 11 is 0. The van der Waals surface area contributed by atoms with Gasteiger partial charge in [-0.05, 0) is 64.8 Å². The molecule has 0 saturated carbocycles. The van der Waals surface area contributed by atoms with Gasteiger partial charge in [-0.15, -0.1) is 0 Å². The number of ether oxygens (including phenoxy) is 13. The van der Waals surface area contributed by atoms with Gasteiger partial charge in [0.25, 0.3) is 0 Å². The van der Waals surface area contributed by atoms with E-state index >= 15 is 0 Å². The molecule has 5 fully saturated rings. The van der Waals surface area contributed by atoms with Gasteiger partial charge in [0.1, 0.15) is 60.7 Å². The minimum Gasteiger partial charge on any atom is -0.497 e. The van der Waals surface area contributed by atoms with Crippen molar-refractivity contribution in [3.63, 3.8) is 0 Å². The molecule has 14 heteroatoms. The zero-order valence-corrected chi connectivity index (χ0v) is 34.1. The molecule has 14 nitrogen and oxygen atoms in total. The third-order valence-electron chi connectivity index (χ3n) is 10.8. The summed E-state index contributed by atoms with van der Waals surface area (Å²) in [6.07, 6.45) is -10.1. The molecule has 3 aromatic rings. The largest absolute Gasteiger partial charge is 0.497 e. The van der Waals surface area contributed by atoms with Crippen LogP contribution >= 0.6 is 0 Å². The van der Waals surface area contributed by atoms with E-state index in [4.69, 9.17) is 61.6 Å². The molecule has 5 aliphatic rings. The second-order valence-electron chi connectivity index (χ2n) is 16.6. The van der Waals surface area contributed by atoms with E-state index in [1.165, 1.54) is 0 Å². The minimum atomic E-state index is -1.59. The Hall–Kier alpha value is -3.06. The first-order chi connectivity index (χ1) is 27.8. The molecular weight excluding hydrogens is 752 g/mol. The number of aliphatic hydroxyl groups is 1. The number of aliphatic hydroxyl groups excluding tert-OH is 1. The first kappa shape index (κ1) is 41.7. The zero-order valence-electron chi connectivity index (χ0n) is 34.1. The van der Waals surface area contributed by atoms with E-state index in [1.807, 2.05) is 113 Å². The van der Waals surface area contributed by atoms with Crippen LogP contribution < -0.4 is 4.74 Å². The Labute approximate surface area is 339 Å². The van der Waals surface area contributed by atoms with Gasteiger partial charge in [0.15, 0.2) is 36.2 Å². The lowest BCUT2D eigenvalue weighted by Gasteiger charge is -2.49. The van der Waals surface area contributed by atoms with E-state index in [2.05, 4.69) is 0 Å². The third kappa shape index (κ3) is 9.45. The maximum Gasteiger partial charge on any atom is 0.190 e. The van der Waals surface area contributed by atoms with Crippen LogP contribution in [0.1, 0.15) is 64.5 Å². The molecule has 316 valence electrons. The number of hydrogen-bond donors (Lipinski definition) is 1. The van der Waals surface area contributed by atoms with Gasteiger partial charge in [0.2, 0.25) is 0 Å². The molecule has 1 N–H and O–H groups in total. The van der Waals surface area contributed by atoms with Crippen molar-refractivity contribution in [1.82, 2.24) is 0 Å². The number of methoxy groups -OCH3 is 1. The fourth-order valence-corrected chi connectivity index (χ4v) is 8.23. The summed E-state index contributed by atoms with van der Waals surface area (Å²) in [5.74, 6) is -2.18. The first-order valence-electron chi connectivity index (χ1n) is 20.0. The van der Waals surface area contributed by atoms with E-state index < -0.39 is 91.2 Å². The van der Waals surface area contributed by atoms with Crippen LogP contribution in [0.2, 0.25) is 0 Å². The highest BCUT2D eigenvalue weighted by molar-refractivity contribution is 5.26. The Bertz CT molecular complexity index is 1770. The molecule has 58 heavy (non-hydrogen) atoms. The van der Waals surface area contributed by atoms with Gasteiger partial charge < -0.3 is 66.7 Å². The molecule has 8 rings (SSSR count). The van der Waals surface area contributed by atoms with Gasteiger partial charge in [0.05, 0.1) is 33.5 Å². The van der Waals surface area contributed by atoms with Crippen molar-refractivity contribution in [3.05, 3.63) is 102 Å². The van der Waals surface area contributed by atoms with Crippen LogP contribution in [0.25, 0.3) is 0 Å². The van der Waals surface area contributed by atoms with Crippen LogP contribution in [-0.4, -0.2) is 110 Å². The normalized spacial score (nSPS) is 35.7. The maximum atomic E-state index is 12.1. The van der Waals surface area contributed by atoms with Gasteiger partial charge in [-0.3, -0.25) is 0 Å². The molecular formula is C44H56O14. The molecule has 0 aromatic heterocycles. The molecule has 0 amide bonds. The first-order valence-corrected chi connectivity index (χ1v) is 20.0. The molecule has 12 atom stereocenters. The summed E-state index contributed by atoms with van der Waals surface area (Å²) in [6, 6.07) is 27.1. The van der Waals surface area contributed by atoms with E-state index in [9.17, 15) is 5.11 Å². The molecule has 5 heterocycles. The van der Waals surface area contributed by atoms with Gasteiger partial charge in [0, 0.05) is 5.56 Å². The lowest BCUT2D eigenvalue weighted by molar-refractivity contribution is -0.391. The zero-order chi connectivity index (χ0) is 40.7. The van der Waals surface area contributed by atoms with E-state index in [1.54, 1.807) is 21.0 Å². The Morgan fingerprint density at radius 1 is 0.621 bits per heavy atom. The molecule has 5 aliphatic heterocycles. The quantitative estimate of drug-likeness (QED) is 0.217. The van der Waals surface area contributed by atoms with Crippen molar-refractivity contribution < 1.29 is 66.7 Å². The fraction of sp³-hybridized carbons (Fsp3) is 0.591. The van der Waals surface area contributed by atoms with Crippen molar-refractivity contribution in [2.75, 3.05) is 20.3 Å². The minimum absolute atomic E-state index is 0.164. The fourth-order valence-electron chi connectivity index (χ4n) is 8.23. The predicted molar refractivity (Wildman–Crippen MR) is 205 cm³/mol. The molecule has 0 aliphatic carbocycles. The highest BCUT2D eigenvalue weighted by atomic mass is 16.8. The third-order valence-corrected chi connectivity index (χ3v) is 10.8. The molecule has 3 aromatic carbocycles. The summed E-state index contributed by atoms with van der Waals surface area (Å²) in [7, 11) is 1.62. The van der Waals surface area contributed by atoms with E-state index in [0.717, 1.165) is 22.4 Å².